The highest BCUT2D eigenvalue weighted by Gasteiger charge is 2.39. The summed E-state index contributed by atoms with van der Waals surface area (Å²) < 4.78 is 55.7. The normalized spacial score (nSPS) is 19.4. The number of amides is 2. The van der Waals surface area contributed by atoms with Crippen molar-refractivity contribution < 1.29 is 32.1 Å². The van der Waals surface area contributed by atoms with Crippen molar-refractivity contribution in [3.63, 3.8) is 0 Å². The maximum Gasteiger partial charge on any atom is 0.280 e. The van der Waals surface area contributed by atoms with Crippen LogP contribution in [0.5, 0.6) is 5.75 Å². The fraction of sp³-hybridized carbons (Fsp3) is 0.300. The van der Waals surface area contributed by atoms with Crippen LogP contribution in [0.3, 0.4) is 0 Å². The van der Waals surface area contributed by atoms with Gasteiger partial charge in [-0.3, -0.25) is 14.3 Å². The van der Waals surface area contributed by atoms with E-state index in [-0.39, 0.29) is 47.2 Å². The highest BCUT2D eigenvalue weighted by molar-refractivity contribution is 7.97. The Kier molecular flexibility index (Phi) is 5.80. The Labute approximate surface area is 199 Å². The number of nitrogen functional groups attached to an aromatic ring is 1. The van der Waals surface area contributed by atoms with E-state index in [0.29, 0.717) is 30.1 Å². The molecule has 5 rings (SSSR count). The number of hydrogen-bond donors (Lipinski definition) is 3. The number of halogens is 3. The quantitative estimate of drug-likeness (QED) is 0.356. The maximum absolute atomic E-state index is 13.6. The van der Waals surface area contributed by atoms with Gasteiger partial charge in [-0.2, -0.15) is 0 Å². The molecule has 4 N–H and O–H groups in total. The Morgan fingerprint density at radius 1 is 1.23 bits per heavy atom. The number of nitrogens with zero attached hydrogens (tertiary/aromatic N) is 4. The van der Waals surface area contributed by atoms with Crippen molar-refractivity contribution in [1.82, 2.24) is 24.5 Å². The lowest BCUT2D eigenvalue weighted by Crippen LogP contribution is -2.36. The van der Waals surface area contributed by atoms with Gasteiger partial charge in [0.05, 0.1) is 11.5 Å². The molecule has 0 aliphatic carbocycles. The molecule has 35 heavy (non-hydrogen) atoms. The zero-order chi connectivity index (χ0) is 24.9. The average Bonchev–Trinajstić information content (AvgIpc) is 3.49. The molecular weight excluding hydrogens is 491 g/mol. The van der Waals surface area contributed by atoms with Crippen LogP contribution < -0.4 is 20.5 Å². The highest BCUT2D eigenvalue weighted by Crippen LogP contribution is 2.37. The molecule has 2 aliphatic rings. The van der Waals surface area contributed by atoms with Gasteiger partial charge in [0.2, 0.25) is 11.5 Å². The summed E-state index contributed by atoms with van der Waals surface area (Å²) in [6.45, 7) is 0.871. The Balaban J connectivity index is 1.33. The number of nitrogens with one attached hydrogen (secondary N) is 2. The zero-order valence-corrected chi connectivity index (χ0v) is 18.9. The van der Waals surface area contributed by atoms with Gasteiger partial charge in [0.1, 0.15) is 0 Å². The Morgan fingerprint density at radius 3 is 2.66 bits per heavy atom. The number of aryl methyl sites for hydroxylation is 1. The van der Waals surface area contributed by atoms with Crippen LogP contribution in [0.4, 0.5) is 24.7 Å². The summed E-state index contributed by atoms with van der Waals surface area (Å²) in [4.78, 5) is 27.8. The molecule has 184 valence electrons. The molecule has 2 aromatic heterocycles. The van der Waals surface area contributed by atoms with Gasteiger partial charge >= 0.3 is 0 Å². The van der Waals surface area contributed by atoms with Crippen LogP contribution >= 0.6 is 11.9 Å². The van der Waals surface area contributed by atoms with Gasteiger partial charge in [0.25, 0.3) is 11.8 Å². The topological polar surface area (TPSA) is 141 Å². The molecule has 0 bridgehead atoms. The van der Waals surface area contributed by atoms with Crippen molar-refractivity contribution in [2.75, 3.05) is 30.7 Å². The molecule has 1 saturated heterocycles. The Bertz CT molecular complexity index is 1310. The van der Waals surface area contributed by atoms with Gasteiger partial charge < -0.3 is 25.3 Å². The van der Waals surface area contributed by atoms with Crippen LogP contribution in [0.15, 0.2) is 27.9 Å². The van der Waals surface area contributed by atoms with E-state index in [1.165, 1.54) is 16.5 Å². The number of carbonyl (C=O) groups is 2. The van der Waals surface area contributed by atoms with E-state index in [2.05, 4.69) is 25.0 Å². The van der Waals surface area contributed by atoms with Gasteiger partial charge in [-0.15, -0.1) is 0 Å². The molecule has 0 radical (unpaired) electrons. The van der Waals surface area contributed by atoms with Gasteiger partial charge in [-0.25, -0.2) is 17.8 Å². The minimum Gasteiger partial charge on any atom is -0.489 e. The van der Waals surface area contributed by atoms with Gasteiger partial charge in [-0.1, -0.05) is 0 Å². The number of aromatic nitrogens is 3. The number of carbonyl (C=O) groups excluding carboxylic acids is 2. The van der Waals surface area contributed by atoms with E-state index in [9.17, 15) is 22.8 Å². The van der Waals surface area contributed by atoms with Crippen molar-refractivity contribution in [3.05, 3.63) is 47.2 Å². The Morgan fingerprint density at radius 2 is 1.97 bits per heavy atom. The molecule has 0 spiro atoms. The number of nitrogens with two attached hydrogens (primary N) is 1. The van der Waals surface area contributed by atoms with Crippen LogP contribution in [0.1, 0.15) is 21.0 Å². The standard InChI is InChI=1S/C20H18F3N7O4S/c1-29-6-13-17(16(29)19(31)25-9-2-10(21)14(23)11(22)3-9)33-7-8-4-30(5-12(8)28-35-13)20(32)15-18(24)27-34-26-15/h2-3,6,8,12,28H,4-5,7H2,1H3,(H2,24,27)(H,25,31). The van der Waals surface area contributed by atoms with Crippen LogP contribution in [0.2, 0.25) is 0 Å². The molecule has 15 heteroatoms. The predicted molar refractivity (Wildman–Crippen MR) is 116 cm³/mol. The molecule has 2 aliphatic heterocycles. The first-order valence-electron chi connectivity index (χ1n) is 10.3. The molecule has 2 atom stereocenters. The van der Waals surface area contributed by atoms with Crippen molar-refractivity contribution in [1.29, 1.82) is 0 Å². The van der Waals surface area contributed by atoms with Gasteiger partial charge in [0.15, 0.2) is 28.9 Å². The number of anilines is 2. The van der Waals surface area contributed by atoms with Crippen LogP contribution in [-0.4, -0.2) is 57.3 Å². The molecule has 1 aromatic carbocycles. The largest absolute Gasteiger partial charge is 0.489 e. The molecule has 3 aromatic rings. The molecule has 0 saturated carbocycles. The minimum absolute atomic E-state index is 0.0654. The first-order chi connectivity index (χ1) is 16.7. The zero-order valence-electron chi connectivity index (χ0n) is 18.0. The molecule has 2 unspecified atom stereocenters. The van der Waals surface area contributed by atoms with E-state index in [1.54, 1.807) is 18.1 Å². The van der Waals surface area contributed by atoms with Gasteiger partial charge in [-0.05, 0) is 22.3 Å². The summed E-state index contributed by atoms with van der Waals surface area (Å²) in [7, 11) is 1.62. The van der Waals surface area contributed by atoms with Gasteiger partial charge in [0, 0.05) is 56.1 Å². The molecule has 1 fully saturated rings. The number of likely N-dealkylation sites (tertiary alicyclic amines) is 1. The summed E-state index contributed by atoms with van der Waals surface area (Å²) in [5.41, 5.74) is 5.42. The second kappa shape index (κ2) is 8.81. The van der Waals surface area contributed by atoms with Crippen LogP contribution in [0.25, 0.3) is 0 Å². The second-order valence-corrected chi connectivity index (χ2v) is 8.98. The van der Waals surface area contributed by atoms with Crippen LogP contribution in [0, 0.1) is 23.4 Å². The SMILES string of the molecule is Cn1cc2c(c1C(=O)Nc1cc(F)c(F)c(F)c1)OCC1CN(C(=O)c3nonc3N)CC1NS2. The van der Waals surface area contributed by atoms with E-state index in [4.69, 9.17) is 10.5 Å². The third-order valence-electron chi connectivity index (χ3n) is 5.77. The third kappa shape index (κ3) is 4.16. The summed E-state index contributed by atoms with van der Waals surface area (Å²) >= 11 is 1.22. The molecule has 4 heterocycles. The fourth-order valence-electron chi connectivity index (χ4n) is 4.03. The van der Waals surface area contributed by atoms with E-state index >= 15 is 0 Å². The third-order valence-corrected chi connectivity index (χ3v) is 6.70. The monoisotopic (exact) mass is 509 g/mol. The Hall–Kier alpha value is -3.72. The lowest BCUT2D eigenvalue weighted by Gasteiger charge is -2.23. The number of ether oxygens (including phenoxy) is 1. The predicted octanol–water partition coefficient (Wildman–Crippen LogP) is 1.79. The summed E-state index contributed by atoms with van der Waals surface area (Å²) in [6.07, 6.45) is 1.66. The molecule has 2 amide bonds. The van der Waals surface area contributed by atoms with Crippen molar-refractivity contribution in [2.45, 2.75) is 10.9 Å². The summed E-state index contributed by atoms with van der Waals surface area (Å²) in [5.74, 6) is -5.55. The second-order valence-electron chi connectivity index (χ2n) is 8.10. The first kappa shape index (κ1) is 23.0. The minimum atomic E-state index is -1.63. The number of fused-ring (bicyclic) bond motifs is 2. The smallest absolute Gasteiger partial charge is 0.280 e. The molecular formula is C20H18F3N7O4S. The lowest BCUT2D eigenvalue weighted by molar-refractivity contribution is 0.0772. The number of hydrogen-bond acceptors (Lipinski definition) is 9. The van der Waals surface area contributed by atoms with Crippen molar-refractivity contribution in [3.8, 4) is 5.75 Å². The molecule has 11 nitrogen and oxygen atoms in total. The fourth-order valence-corrected chi connectivity index (χ4v) is 5.04. The van der Waals surface area contributed by atoms with Crippen molar-refractivity contribution >= 4 is 35.3 Å². The van der Waals surface area contributed by atoms with E-state index in [0.717, 1.165) is 0 Å². The average molecular weight is 509 g/mol. The number of rotatable bonds is 3. The maximum atomic E-state index is 13.6. The first-order valence-corrected chi connectivity index (χ1v) is 11.1. The van der Waals surface area contributed by atoms with E-state index < -0.39 is 29.3 Å². The lowest BCUT2D eigenvalue weighted by atomic mass is 10.1. The highest BCUT2D eigenvalue weighted by atomic mass is 32.2. The number of benzene rings is 1. The van der Waals surface area contributed by atoms with Crippen molar-refractivity contribution in [2.24, 2.45) is 13.0 Å². The summed E-state index contributed by atoms with van der Waals surface area (Å²) in [6, 6.07) is 1.25. The summed E-state index contributed by atoms with van der Waals surface area (Å²) in [5, 5.41) is 9.35. The van der Waals surface area contributed by atoms with E-state index in [1.807, 2.05) is 0 Å². The van der Waals surface area contributed by atoms with Crippen LogP contribution in [-0.2, 0) is 7.05 Å².